The van der Waals surface area contributed by atoms with Gasteiger partial charge in [0.1, 0.15) is 6.04 Å². The lowest BCUT2D eigenvalue weighted by Gasteiger charge is -2.36. The minimum Gasteiger partial charge on any atom is -0.398 e. The van der Waals surface area contributed by atoms with Crippen LogP contribution in [0.2, 0.25) is 5.02 Å². The SMILES string of the molecule is Cc1c(Cl)cccc1NC(=O)C(C)N1CCCc2c(N)cccc21.Cl. The molecule has 3 rings (SSSR count). The van der Waals surface area contributed by atoms with Gasteiger partial charge in [0, 0.05) is 28.6 Å². The summed E-state index contributed by atoms with van der Waals surface area (Å²) in [6, 6.07) is 11.1. The minimum atomic E-state index is -0.288. The van der Waals surface area contributed by atoms with Crippen molar-refractivity contribution in [1.82, 2.24) is 0 Å². The second-order valence-corrected chi connectivity index (χ2v) is 6.63. The molecule has 1 aliphatic heterocycles. The average Bonchev–Trinajstić information content (AvgIpc) is 2.58. The first-order chi connectivity index (χ1) is 11.5. The van der Waals surface area contributed by atoms with Crippen molar-refractivity contribution in [3.05, 3.63) is 52.5 Å². The summed E-state index contributed by atoms with van der Waals surface area (Å²) in [5.41, 5.74) is 10.7. The molecule has 1 aliphatic rings. The predicted octanol–water partition coefficient (Wildman–Crippen LogP) is 4.43. The van der Waals surface area contributed by atoms with E-state index in [0.29, 0.717) is 5.02 Å². The van der Waals surface area contributed by atoms with Crippen LogP contribution in [-0.2, 0) is 11.2 Å². The van der Waals surface area contributed by atoms with E-state index in [4.69, 9.17) is 17.3 Å². The Kier molecular flexibility index (Phi) is 6.20. The van der Waals surface area contributed by atoms with Gasteiger partial charge in [0.25, 0.3) is 0 Å². The first-order valence-corrected chi connectivity index (χ1v) is 8.57. The Labute approximate surface area is 159 Å². The molecule has 0 bridgehead atoms. The standard InChI is InChI=1S/C19H22ClN3O.ClH/c1-12-15(20)7-3-9-17(12)22-19(24)13(2)23-11-5-6-14-16(21)8-4-10-18(14)23;/h3-4,7-10,13H,5-6,11,21H2,1-2H3,(H,22,24);1H. The number of anilines is 3. The summed E-state index contributed by atoms with van der Waals surface area (Å²) in [7, 11) is 0. The van der Waals surface area contributed by atoms with Crippen molar-refractivity contribution in [2.75, 3.05) is 22.5 Å². The van der Waals surface area contributed by atoms with Crippen molar-refractivity contribution >= 4 is 47.0 Å². The van der Waals surface area contributed by atoms with Crippen molar-refractivity contribution < 1.29 is 4.79 Å². The fourth-order valence-corrected chi connectivity index (χ4v) is 3.38. The molecule has 0 aromatic heterocycles. The summed E-state index contributed by atoms with van der Waals surface area (Å²) < 4.78 is 0. The number of nitrogens with zero attached hydrogens (tertiary/aromatic N) is 1. The highest BCUT2D eigenvalue weighted by atomic mass is 35.5. The Morgan fingerprint density at radius 1 is 1.28 bits per heavy atom. The molecule has 1 unspecified atom stereocenters. The van der Waals surface area contributed by atoms with Crippen molar-refractivity contribution in [1.29, 1.82) is 0 Å². The second-order valence-electron chi connectivity index (χ2n) is 6.22. The van der Waals surface area contributed by atoms with Gasteiger partial charge in [-0.2, -0.15) is 0 Å². The number of rotatable bonds is 3. The van der Waals surface area contributed by atoms with Gasteiger partial charge in [-0.05, 0) is 62.1 Å². The van der Waals surface area contributed by atoms with Gasteiger partial charge >= 0.3 is 0 Å². The first-order valence-electron chi connectivity index (χ1n) is 8.19. The summed E-state index contributed by atoms with van der Waals surface area (Å²) in [4.78, 5) is 14.9. The van der Waals surface area contributed by atoms with Gasteiger partial charge in [0.05, 0.1) is 0 Å². The second kappa shape index (κ2) is 7.98. The van der Waals surface area contributed by atoms with E-state index < -0.39 is 0 Å². The Morgan fingerprint density at radius 3 is 2.76 bits per heavy atom. The average molecular weight is 380 g/mol. The van der Waals surface area contributed by atoms with Crippen molar-refractivity contribution in [3.8, 4) is 0 Å². The summed E-state index contributed by atoms with van der Waals surface area (Å²) in [5.74, 6) is -0.0457. The molecule has 4 nitrogen and oxygen atoms in total. The van der Waals surface area contributed by atoms with Crippen LogP contribution in [-0.4, -0.2) is 18.5 Å². The molecule has 0 aliphatic carbocycles. The van der Waals surface area contributed by atoms with E-state index in [1.807, 2.05) is 50.2 Å². The molecular formula is C19H23Cl2N3O. The fourth-order valence-electron chi connectivity index (χ4n) is 3.20. The van der Waals surface area contributed by atoms with E-state index in [1.165, 1.54) is 0 Å². The molecule has 0 saturated carbocycles. The number of carbonyl (C=O) groups is 1. The summed E-state index contributed by atoms with van der Waals surface area (Å²) in [6.45, 7) is 4.67. The molecule has 2 aromatic carbocycles. The number of hydrogen-bond acceptors (Lipinski definition) is 3. The molecule has 25 heavy (non-hydrogen) atoms. The van der Waals surface area contributed by atoms with Crippen LogP contribution >= 0.6 is 24.0 Å². The molecule has 134 valence electrons. The molecule has 6 heteroatoms. The van der Waals surface area contributed by atoms with E-state index in [2.05, 4.69) is 10.2 Å². The minimum absolute atomic E-state index is 0. The fraction of sp³-hybridized carbons (Fsp3) is 0.316. The zero-order chi connectivity index (χ0) is 17.3. The van der Waals surface area contributed by atoms with Crippen LogP contribution in [0.25, 0.3) is 0 Å². The van der Waals surface area contributed by atoms with Crippen LogP contribution in [0.15, 0.2) is 36.4 Å². The van der Waals surface area contributed by atoms with Crippen molar-refractivity contribution in [3.63, 3.8) is 0 Å². The van der Waals surface area contributed by atoms with E-state index in [-0.39, 0.29) is 24.4 Å². The van der Waals surface area contributed by atoms with Gasteiger partial charge in [-0.1, -0.05) is 23.7 Å². The number of nitrogen functional groups attached to an aromatic ring is 1. The molecular weight excluding hydrogens is 357 g/mol. The molecule has 0 saturated heterocycles. The number of hydrogen-bond donors (Lipinski definition) is 2. The highest BCUT2D eigenvalue weighted by Crippen LogP contribution is 2.33. The van der Waals surface area contributed by atoms with Crippen LogP contribution in [0, 0.1) is 6.92 Å². The Hall–Kier alpha value is -1.91. The van der Waals surface area contributed by atoms with Gasteiger partial charge in [0.2, 0.25) is 5.91 Å². The third kappa shape index (κ3) is 3.86. The zero-order valence-electron chi connectivity index (χ0n) is 14.4. The number of fused-ring (bicyclic) bond motifs is 1. The van der Waals surface area contributed by atoms with Gasteiger partial charge in [0.15, 0.2) is 0 Å². The Bertz CT molecular complexity index is 779. The third-order valence-corrected chi connectivity index (χ3v) is 5.10. The predicted molar refractivity (Wildman–Crippen MR) is 108 cm³/mol. The lowest BCUT2D eigenvalue weighted by Crippen LogP contribution is -2.44. The number of carbonyl (C=O) groups excluding carboxylic acids is 1. The number of amides is 1. The Morgan fingerprint density at radius 2 is 2.00 bits per heavy atom. The number of nitrogens with two attached hydrogens (primary N) is 1. The van der Waals surface area contributed by atoms with Crippen molar-refractivity contribution in [2.24, 2.45) is 0 Å². The summed E-state index contributed by atoms with van der Waals surface area (Å²) in [5, 5.41) is 3.65. The lowest BCUT2D eigenvalue weighted by atomic mass is 9.98. The number of benzene rings is 2. The molecule has 0 fully saturated rings. The van der Waals surface area contributed by atoms with Crippen LogP contribution in [0.3, 0.4) is 0 Å². The molecule has 1 heterocycles. The Balaban J connectivity index is 0.00000225. The largest absolute Gasteiger partial charge is 0.398 e. The van der Waals surface area contributed by atoms with E-state index in [1.54, 1.807) is 0 Å². The van der Waals surface area contributed by atoms with Gasteiger partial charge in [-0.25, -0.2) is 0 Å². The number of halogens is 2. The topological polar surface area (TPSA) is 58.4 Å². The summed E-state index contributed by atoms with van der Waals surface area (Å²) >= 11 is 6.13. The van der Waals surface area contributed by atoms with Crippen LogP contribution in [0.1, 0.15) is 24.5 Å². The molecule has 1 atom stereocenters. The smallest absolute Gasteiger partial charge is 0.246 e. The maximum Gasteiger partial charge on any atom is 0.246 e. The maximum absolute atomic E-state index is 12.7. The lowest BCUT2D eigenvalue weighted by molar-refractivity contribution is -0.117. The summed E-state index contributed by atoms with van der Waals surface area (Å²) in [6.07, 6.45) is 1.95. The van der Waals surface area contributed by atoms with Crippen molar-refractivity contribution in [2.45, 2.75) is 32.7 Å². The van der Waals surface area contributed by atoms with Gasteiger partial charge in [-0.15, -0.1) is 12.4 Å². The maximum atomic E-state index is 12.7. The molecule has 0 spiro atoms. The zero-order valence-corrected chi connectivity index (χ0v) is 16.0. The highest BCUT2D eigenvalue weighted by Gasteiger charge is 2.27. The van der Waals surface area contributed by atoms with E-state index >= 15 is 0 Å². The van der Waals surface area contributed by atoms with Gasteiger partial charge in [-0.3, -0.25) is 4.79 Å². The first kappa shape index (κ1) is 19.4. The van der Waals surface area contributed by atoms with E-state index in [0.717, 1.165) is 47.6 Å². The van der Waals surface area contributed by atoms with Crippen LogP contribution in [0.5, 0.6) is 0 Å². The normalized spacial score (nSPS) is 14.3. The quantitative estimate of drug-likeness (QED) is 0.775. The molecule has 0 radical (unpaired) electrons. The molecule has 3 N–H and O–H groups in total. The molecule has 1 amide bonds. The van der Waals surface area contributed by atoms with Crippen LogP contribution in [0.4, 0.5) is 17.1 Å². The monoisotopic (exact) mass is 379 g/mol. The third-order valence-electron chi connectivity index (χ3n) is 4.70. The molecule has 2 aromatic rings. The van der Waals surface area contributed by atoms with E-state index in [9.17, 15) is 4.79 Å². The number of nitrogens with one attached hydrogen (secondary N) is 1. The highest BCUT2D eigenvalue weighted by molar-refractivity contribution is 6.31. The van der Waals surface area contributed by atoms with Crippen LogP contribution < -0.4 is 16.0 Å². The van der Waals surface area contributed by atoms with Gasteiger partial charge < -0.3 is 16.0 Å².